The van der Waals surface area contributed by atoms with Gasteiger partial charge in [-0.3, -0.25) is 10.1 Å². The van der Waals surface area contributed by atoms with Gasteiger partial charge in [-0.25, -0.2) is 8.42 Å². The van der Waals surface area contributed by atoms with E-state index in [9.17, 15) is 18.5 Å². The lowest BCUT2D eigenvalue weighted by Crippen LogP contribution is -2.35. The van der Waals surface area contributed by atoms with Crippen molar-refractivity contribution in [2.75, 3.05) is 13.1 Å². The van der Waals surface area contributed by atoms with Gasteiger partial charge in [-0.2, -0.15) is 4.31 Å². The van der Waals surface area contributed by atoms with Gasteiger partial charge in [0.2, 0.25) is 15.8 Å². The molecule has 0 N–H and O–H groups in total. The third-order valence-electron chi connectivity index (χ3n) is 5.18. The minimum atomic E-state index is -3.76. The first-order valence-electron chi connectivity index (χ1n) is 9.77. The summed E-state index contributed by atoms with van der Waals surface area (Å²) in [6.45, 7) is 6.85. The second-order valence-corrected chi connectivity index (χ2v) is 9.57. The highest BCUT2D eigenvalue weighted by Crippen LogP contribution is 2.36. The minimum Gasteiger partial charge on any atom is -0.450 e. The molecule has 0 atom stereocenters. The number of nitro benzene ring substituents is 1. The van der Waals surface area contributed by atoms with Crippen LogP contribution in [0.3, 0.4) is 0 Å². The van der Waals surface area contributed by atoms with E-state index in [1.165, 1.54) is 16.4 Å². The number of aryl methyl sites for hydroxylation is 1. The van der Waals surface area contributed by atoms with Gasteiger partial charge in [0.1, 0.15) is 5.75 Å². The van der Waals surface area contributed by atoms with Crippen molar-refractivity contribution in [1.82, 2.24) is 4.31 Å². The van der Waals surface area contributed by atoms with Gasteiger partial charge >= 0.3 is 5.69 Å². The zero-order chi connectivity index (χ0) is 21.2. The van der Waals surface area contributed by atoms with Crippen molar-refractivity contribution in [2.24, 2.45) is 0 Å². The molecule has 3 rings (SSSR count). The summed E-state index contributed by atoms with van der Waals surface area (Å²) in [6.07, 6.45) is 2.59. The van der Waals surface area contributed by atoms with E-state index in [0.717, 1.165) is 36.5 Å². The van der Waals surface area contributed by atoms with Gasteiger partial charge in [0.25, 0.3) is 0 Å². The average molecular weight is 419 g/mol. The summed E-state index contributed by atoms with van der Waals surface area (Å²) in [5, 5.41) is 11.6. The first kappa shape index (κ1) is 21.3. The van der Waals surface area contributed by atoms with E-state index < -0.39 is 14.9 Å². The van der Waals surface area contributed by atoms with Crippen LogP contribution in [-0.4, -0.2) is 30.7 Å². The van der Waals surface area contributed by atoms with Crippen LogP contribution in [0.15, 0.2) is 41.3 Å². The van der Waals surface area contributed by atoms with Crippen molar-refractivity contribution < 1.29 is 18.1 Å². The zero-order valence-electron chi connectivity index (χ0n) is 16.9. The first-order valence-corrected chi connectivity index (χ1v) is 11.2. The Bertz CT molecular complexity index is 1010. The standard InChI is InChI=1S/C21H26N2O5S/c1-15(2)17-8-7-16(3)21(13-17)28-20-10-9-18(14-19(20)23(24)25)29(26,27)22-11-5-4-6-12-22/h7-10,13-15H,4-6,11-12H2,1-3H3. The second-order valence-electron chi connectivity index (χ2n) is 7.63. The Hall–Kier alpha value is -2.45. The maximum Gasteiger partial charge on any atom is 0.312 e. The topological polar surface area (TPSA) is 89.8 Å². The molecule has 2 aromatic rings. The van der Waals surface area contributed by atoms with Crippen LogP contribution in [0.25, 0.3) is 0 Å². The van der Waals surface area contributed by atoms with Crippen molar-refractivity contribution in [3.63, 3.8) is 0 Å². The molecule has 0 bridgehead atoms. The predicted octanol–water partition coefficient (Wildman–Crippen LogP) is 4.99. The second kappa shape index (κ2) is 8.51. The fraction of sp³-hybridized carbons (Fsp3) is 0.429. The van der Waals surface area contributed by atoms with E-state index >= 15 is 0 Å². The maximum atomic E-state index is 12.9. The molecule has 8 heteroatoms. The van der Waals surface area contributed by atoms with Crippen LogP contribution in [0.5, 0.6) is 11.5 Å². The molecule has 1 fully saturated rings. The highest BCUT2D eigenvalue weighted by Gasteiger charge is 2.29. The van der Waals surface area contributed by atoms with Crippen LogP contribution in [0.4, 0.5) is 5.69 Å². The van der Waals surface area contributed by atoms with E-state index in [1.807, 2.05) is 25.1 Å². The summed E-state index contributed by atoms with van der Waals surface area (Å²) < 4.78 is 33.0. The van der Waals surface area contributed by atoms with Gasteiger partial charge in [-0.15, -0.1) is 0 Å². The Kier molecular flexibility index (Phi) is 6.24. The van der Waals surface area contributed by atoms with Gasteiger partial charge in [0.05, 0.1) is 9.82 Å². The Morgan fingerprint density at radius 3 is 2.34 bits per heavy atom. The molecule has 1 aliphatic rings. The van der Waals surface area contributed by atoms with Crippen molar-refractivity contribution in [3.8, 4) is 11.5 Å². The molecule has 0 saturated carbocycles. The molecule has 1 heterocycles. The molecule has 2 aromatic carbocycles. The van der Waals surface area contributed by atoms with Gasteiger partial charge in [0.15, 0.2) is 0 Å². The zero-order valence-corrected chi connectivity index (χ0v) is 17.7. The Morgan fingerprint density at radius 2 is 1.72 bits per heavy atom. The van der Waals surface area contributed by atoms with E-state index in [-0.39, 0.29) is 22.3 Å². The van der Waals surface area contributed by atoms with E-state index in [2.05, 4.69) is 13.8 Å². The molecule has 0 aromatic heterocycles. The Morgan fingerprint density at radius 1 is 1.03 bits per heavy atom. The predicted molar refractivity (Wildman–Crippen MR) is 111 cm³/mol. The molecule has 0 aliphatic carbocycles. The summed E-state index contributed by atoms with van der Waals surface area (Å²) in [5.74, 6) is 0.826. The summed E-state index contributed by atoms with van der Waals surface area (Å²) in [6, 6.07) is 9.62. The minimum absolute atomic E-state index is 0.0246. The molecular formula is C21H26N2O5S. The van der Waals surface area contributed by atoms with E-state index in [1.54, 1.807) is 0 Å². The number of nitro groups is 1. The van der Waals surface area contributed by atoms with Crippen LogP contribution in [0.1, 0.15) is 50.2 Å². The number of rotatable bonds is 6. The van der Waals surface area contributed by atoms with Gasteiger partial charge in [-0.1, -0.05) is 32.4 Å². The third kappa shape index (κ3) is 4.59. The molecule has 0 amide bonds. The molecule has 156 valence electrons. The number of piperidine rings is 1. The quantitative estimate of drug-likeness (QED) is 0.487. The van der Waals surface area contributed by atoms with Gasteiger partial charge in [0, 0.05) is 19.2 Å². The lowest BCUT2D eigenvalue weighted by atomic mass is 10.0. The van der Waals surface area contributed by atoms with Crippen LogP contribution < -0.4 is 4.74 Å². The van der Waals surface area contributed by atoms with E-state index in [4.69, 9.17) is 4.74 Å². The fourth-order valence-electron chi connectivity index (χ4n) is 3.35. The summed E-state index contributed by atoms with van der Waals surface area (Å²) >= 11 is 0. The lowest BCUT2D eigenvalue weighted by Gasteiger charge is -2.25. The molecular weight excluding hydrogens is 392 g/mol. The number of hydrogen-bond donors (Lipinski definition) is 0. The Balaban J connectivity index is 1.97. The first-order chi connectivity index (χ1) is 13.7. The molecule has 29 heavy (non-hydrogen) atoms. The van der Waals surface area contributed by atoms with Crippen molar-refractivity contribution in [2.45, 2.75) is 50.8 Å². The normalized spacial score (nSPS) is 15.4. The smallest absolute Gasteiger partial charge is 0.312 e. The largest absolute Gasteiger partial charge is 0.450 e. The molecule has 0 unspecified atom stereocenters. The molecule has 1 aliphatic heterocycles. The van der Waals surface area contributed by atoms with Gasteiger partial charge in [-0.05, 0) is 55.0 Å². The molecule has 0 radical (unpaired) electrons. The highest BCUT2D eigenvalue weighted by molar-refractivity contribution is 7.89. The van der Waals surface area contributed by atoms with Crippen LogP contribution in [-0.2, 0) is 10.0 Å². The van der Waals surface area contributed by atoms with Crippen molar-refractivity contribution in [3.05, 3.63) is 57.6 Å². The van der Waals surface area contributed by atoms with Crippen molar-refractivity contribution >= 4 is 15.7 Å². The number of sulfonamides is 1. The summed E-state index contributed by atoms with van der Waals surface area (Å²) in [7, 11) is -3.76. The Labute approximate surface area is 171 Å². The molecule has 0 spiro atoms. The molecule has 7 nitrogen and oxygen atoms in total. The molecule has 1 saturated heterocycles. The SMILES string of the molecule is Cc1ccc(C(C)C)cc1Oc1ccc(S(=O)(=O)N2CCCCC2)cc1[N+](=O)[O-]. The number of hydrogen-bond acceptors (Lipinski definition) is 5. The summed E-state index contributed by atoms with van der Waals surface area (Å²) in [5.41, 5.74) is 1.53. The summed E-state index contributed by atoms with van der Waals surface area (Å²) in [4.78, 5) is 11.0. The highest BCUT2D eigenvalue weighted by atomic mass is 32.2. The number of benzene rings is 2. The number of ether oxygens (including phenoxy) is 1. The van der Waals surface area contributed by atoms with E-state index in [0.29, 0.717) is 18.8 Å². The lowest BCUT2D eigenvalue weighted by molar-refractivity contribution is -0.385. The number of nitrogens with zero attached hydrogens (tertiary/aromatic N) is 2. The fourth-order valence-corrected chi connectivity index (χ4v) is 4.88. The third-order valence-corrected chi connectivity index (χ3v) is 7.07. The van der Waals surface area contributed by atoms with Crippen LogP contribution in [0, 0.1) is 17.0 Å². The average Bonchev–Trinajstić information content (AvgIpc) is 2.70. The van der Waals surface area contributed by atoms with Gasteiger partial charge < -0.3 is 4.74 Å². The van der Waals surface area contributed by atoms with Crippen LogP contribution >= 0.6 is 0 Å². The van der Waals surface area contributed by atoms with Crippen LogP contribution in [0.2, 0.25) is 0 Å². The maximum absolute atomic E-state index is 12.9. The monoisotopic (exact) mass is 418 g/mol. The van der Waals surface area contributed by atoms with Crippen molar-refractivity contribution in [1.29, 1.82) is 0 Å².